The Hall–Kier alpha value is -2.41. The molecule has 0 aliphatic carbocycles. The molecule has 1 amide bonds. The van der Waals surface area contributed by atoms with Gasteiger partial charge in [0.05, 0.1) is 6.61 Å². The maximum absolute atomic E-state index is 13.1. The number of benzene rings is 1. The van der Waals surface area contributed by atoms with Crippen LogP contribution < -0.4 is 4.74 Å². The van der Waals surface area contributed by atoms with E-state index in [2.05, 4.69) is 16.3 Å². The quantitative estimate of drug-likeness (QED) is 0.889. The van der Waals surface area contributed by atoms with Crippen molar-refractivity contribution in [3.63, 3.8) is 0 Å². The standard InChI is InChI=1S/C20H26N4O3/c1-23-18(13-25)21-22-19(23)14-6-9-24(10-7-14)20(26)16-8-11-27-17-5-3-2-4-15(17)12-16/h2-5,14,16,25H,6-13H2,1H3. The number of hydrogen-bond donors (Lipinski definition) is 1. The summed E-state index contributed by atoms with van der Waals surface area (Å²) in [7, 11) is 1.89. The van der Waals surface area contributed by atoms with Gasteiger partial charge in [-0.15, -0.1) is 10.2 Å². The molecule has 2 aromatic rings. The van der Waals surface area contributed by atoms with Crippen LogP contribution >= 0.6 is 0 Å². The average molecular weight is 370 g/mol. The van der Waals surface area contributed by atoms with Gasteiger partial charge in [-0.1, -0.05) is 18.2 Å². The van der Waals surface area contributed by atoms with Gasteiger partial charge in [0.1, 0.15) is 18.2 Å². The molecule has 1 unspecified atom stereocenters. The third kappa shape index (κ3) is 3.56. The molecule has 4 rings (SSSR count). The molecule has 0 bridgehead atoms. The van der Waals surface area contributed by atoms with Crippen molar-refractivity contribution in [3.8, 4) is 5.75 Å². The molecule has 27 heavy (non-hydrogen) atoms. The minimum atomic E-state index is -0.105. The Kier molecular flexibility index (Phi) is 5.11. The van der Waals surface area contributed by atoms with E-state index < -0.39 is 0 Å². The molecule has 1 fully saturated rings. The minimum Gasteiger partial charge on any atom is -0.493 e. The average Bonchev–Trinajstić information content (AvgIpc) is 2.94. The van der Waals surface area contributed by atoms with Gasteiger partial charge in [-0.25, -0.2) is 0 Å². The fraction of sp³-hybridized carbons (Fsp3) is 0.550. The van der Waals surface area contributed by atoms with Crippen LogP contribution in [-0.4, -0.2) is 50.4 Å². The normalized spacial score (nSPS) is 20.7. The maximum Gasteiger partial charge on any atom is 0.226 e. The van der Waals surface area contributed by atoms with Crippen LogP contribution in [0.25, 0.3) is 0 Å². The Bertz CT molecular complexity index is 811. The number of ether oxygens (including phenoxy) is 1. The molecule has 0 saturated carbocycles. The van der Waals surface area contributed by atoms with E-state index in [1.165, 1.54) is 0 Å². The molecule has 1 aromatic carbocycles. The van der Waals surface area contributed by atoms with Crippen molar-refractivity contribution in [3.05, 3.63) is 41.5 Å². The molecule has 3 heterocycles. The number of amides is 1. The largest absolute Gasteiger partial charge is 0.493 e. The van der Waals surface area contributed by atoms with E-state index in [9.17, 15) is 9.90 Å². The lowest BCUT2D eigenvalue weighted by molar-refractivity contribution is -0.137. The van der Waals surface area contributed by atoms with E-state index in [0.717, 1.165) is 55.9 Å². The van der Waals surface area contributed by atoms with Crippen molar-refractivity contribution in [2.45, 2.75) is 38.2 Å². The van der Waals surface area contributed by atoms with E-state index in [1.54, 1.807) is 0 Å². The van der Waals surface area contributed by atoms with Crippen LogP contribution in [0.15, 0.2) is 24.3 Å². The highest BCUT2D eigenvalue weighted by Gasteiger charge is 2.32. The number of fused-ring (bicyclic) bond motifs is 1. The van der Waals surface area contributed by atoms with Crippen LogP contribution in [-0.2, 0) is 24.9 Å². The molecule has 2 aliphatic heterocycles. The van der Waals surface area contributed by atoms with E-state index >= 15 is 0 Å². The predicted molar refractivity (Wildman–Crippen MR) is 99.2 cm³/mol. The van der Waals surface area contributed by atoms with Gasteiger partial charge in [-0.2, -0.15) is 0 Å². The first-order chi connectivity index (χ1) is 13.2. The Morgan fingerprint density at radius 3 is 2.74 bits per heavy atom. The number of carbonyl (C=O) groups excluding carboxylic acids is 1. The lowest BCUT2D eigenvalue weighted by atomic mass is 9.92. The number of aliphatic hydroxyl groups excluding tert-OH is 1. The van der Waals surface area contributed by atoms with Gasteiger partial charge in [0.25, 0.3) is 0 Å². The number of nitrogens with zero attached hydrogens (tertiary/aromatic N) is 4. The Morgan fingerprint density at radius 1 is 1.22 bits per heavy atom. The number of aliphatic hydroxyl groups is 1. The molecule has 0 radical (unpaired) electrons. The summed E-state index contributed by atoms with van der Waals surface area (Å²) >= 11 is 0. The molecule has 1 aromatic heterocycles. The number of hydrogen-bond acceptors (Lipinski definition) is 5. The van der Waals surface area contributed by atoms with Crippen molar-refractivity contribution in [2.24, 2.45) is 13.0 Å². The third-order valence-corrected chi connectivity index (χ3v) is 5.82. The molecule has 2 aliphatic rings. The van der Waals surface area contributed by atoms with Gasteiger partial charge in [-0.3, -0.25) is 4.79 Å². The van der Waals surface area contributed by atoms with Crippen LogP contribution in [0.1, 0.15) is 42.4 Å². The summed E-state index contributed by atoms with van der Waals surface area (Å²) in [5.74, 6) is 2.91. The monoisotopic (exact) mass is 370 g/mol. The number of piperidine rings is 1. The van der Waals surface area contributed by atoms with Gasteiger partial charge in [0.15, 0.2) is 5.82 Å². The summed E-state index contributed by atoms with van der Waals surface area (Å²) in [6.45, 7) is 1.96. The van der Waals surface area contributed by atoms with E-state index in [1.807, 2.05) is 34.7 Å². The molecular formula is C20H26N4O3. The van der Waals surface area contributed by atoms with Gasteiger partial charge in [0.2, 0.25) is 5.91 Å². The van der Waals surface area contributed by atoms with Crippen LogP contribution in [0.3, 0.4) is 0 Å². The number of likely N-dealkylation sites (tertiary alicyclic amines) is 1. The van der Waals surface area contributed by atoms with Crippen LogP contribution in [0, 0.1) is 5.92 Å². The van der Waals surface area contributed by atoms with E-state index in [0.29, 0.717) is 12.4 Å². The van der Waals surface area contributed by atoms with Gasteiger partial charge in [-0.05, 0) is 37.3 Å². The summed E-state index contributed by atoms with van der Waals surface area (Å²) in [5.41, 5.74) is 1.12. The van der Waals surface area contributed by atoms with Crippen molar-refractivity contribution < 1.29 is 14.6 Å². The zero-order chi connectivity index (χ0) is 18.8. The summed E-state index contributed by atoms with van der Waals surface area (Å²) < 4.78 is 7.68. The number of para-hydroxylation sites is 1. The van der Waals surface area contributed by atoms with Crippen LogP contribution in [0.2, 0.25) is 0 Å². The lowest BCUT2D eigenvalue weighted by Gasteiger charge is -2.33. The van der Waals surface area contributed by atoms with Gasteiger partial charge >= 0.3 is 0 Å². The van der Waals surface area contributed by atoms with Crippen molar-refractivity contribution >= 4 is 5.91 Å². The fourth-order valence-corrected chi connectivity index (χ4v) is 4.19. The van der Waals surface area contributed by atoms with E-state index in [-0.39, 0.29) is 24.3 Å². The molecule has 1 saturated heterocycles. The molecular weight excluding hydrogens is 344 g/mol. The second kappa shape index (κ2) is 7.68. The fourth-order valence-electron chi connectivity index (χ4n) is 4.19. The van der Waals surface area contributed by atoms with E-state index in [4.69, 9.17) is 4.74 Å². The van der Waals surface area contributed by atoms with Crippen LogP contribution in [0.5, 0.6) is 5.75 Å². The number of carbonyl (C=O) groups is 1. The minimum absolute atomic E-state index is 0.0129. The topological polar surface area (TPSA) is 80.5 Å². The first kappa shape index (κ1) is 18.0. The zero-order valence-electron chi connectivity index (χ0n) is 15.7. The van der Waals surface area contributed by atoms with Crippen molar-refractivity contribution in [1.82, 2.24) is 19.7 Å². The van der Waals surface area contributed by atoms with Gasteiger partial charge < -0.3 is 19.3 Å². The van der Waals surface area contributed by atoms with Crippen LogP contribution in [0.4, 0.5) is 0 Å². The summed E-state index contributed by atoms with van der Waals surface area (Å²) in [6.07, 6.45) is 3.26. The summed E-state index contributed by atoms with van der Waals surface area (Å²) in [5, 5.41) is 17.6. The molecule has 1 N–H and O–H groups in total. The number of rotatable bonds is 3. The highest BCUT2D eigenvalue weighted by atomic mass is 16.5. The summed E-state index contributed by atoms with van der Waals surface area (Å²) in [4.78, 5) is 15.1. The Balaban J connectivity index is 1.39. The highest BCUT2D eigenvalue weighted by Crippen LogP contribution is 2.31. The highest BCUT2D eigenvalue weighted by molar-refractivity contribution is 5.79. The molecule has 1 atom stereocenters. The maximum atomic E-state index is 13.1. The Morgan fingerprint density at radius 2 is 2.00 bits per heavy atom. The molecule has 144 valence electrons. The molecule has 7 nitrogen and oxygen atoms in total. The zero-order valence-corrected chi connectivity index (χ0v) is 15.7. The molecule has 0 spiro atoms. The predicted octanol–water partition coefficient (Wildman–Crippen LogP) is 1.65. The van der Waals surface area contributed by atoms with Crippen molar-refractivity contribution in [1.29, 1.82) is 0 Å². The molecule has 7 heteroatoms. The first-order valence-electron chi connectivity index (χ1n) is 9.66. The first-order valence-corrected chi connectivity index (χ1v) is 9.66. The van der Waals surface area contributed by atoms with Gasteiger partial charge in [0, 0.05) is 32.0 Å². The second-order valence-electron chi connectivity index (χ2n) is 7.44. The smallest absolute Gasteiger partial charge is 0.226 e. The van der Waals surface area contributed by atoms with Crippen molar-refractivity contribution in [2.75, 3.05) is 19.7 Å². The SMILES string of the molecule is Cn1c(CO)nnc1C1CCN(C(=O)C2CCOc3ccccc3C2)CC1. The number of aromatic nitrogens is 3. The Labute approximate surface area is 159 Å². The third-order valence-electron chi connectivity index (χ3n) is 5.82. The summed E-state index contributed by atoms with van der Waals surface area (Å²) in [6, 6.07) is 8.01. The lowest BCUT2D eigenvalue weighted by Crippen LogP contribution is -2.42. The second-order valence-corrected chi connectivity index (χ2v) is 7.44.